The normalized spacial score (nSPS) is 27.3. The summed E-state index contributed by atoms with van der Waals surface area (Å²) in [5.74, 6) is -0.298. The van der Waals surface area contributed by atoms with E-state index in [1.807, 2.05) is 25.7 Å². The number of fused-ring (bicyclic) bond motifs is 1. The van der Waals surface area contributed by atoms with E-state index >= 15 is 0 Å². The molecular weight excluding hydrogens is 428 g/mol. The third-order valence-corrected chi connectivity index (χ3v) is 8.18. The molecule has 1 saturated heterocycles. The summed E-state index contributed by atoms with van der Waals surface area (Å²) in [7, 11) is 0. The molecule has 1 aromatic rings. The van der Waals surface area contributed by atoms with Gasteiger partial charge in [-0.15, -0.1) is 0 Å². The summed E-state index contributed by atoms with van der Waals surface area (Å²) in [5, 5.41) is 2.92. The van der Waals surface area contributed by atoms with Crippen molar-refractivity contribution in [1.82, 2.24) is 15.1 Å². The van der Waals surface area contributed by atoms with Gasteiger partial charge in [0.05, 0.1) is 23.7 Å². The maximum Gasteiger partial charge on any atom is 0.245 e. The summed E-state index contributed by atoms with van der Waals surface area (Å²) >= 11 is 0. The molecule has 1 aromatic carbocycles. The predicted molar refractivity (Wildman–Crippen MR) is 132 cm³/mol. The van der Waals surface area contributed by atoms with Gasteiger partial charge in [0.25, 0.3) is 0 Å². The first-order valence-corrected chi connectivity index (χ1v) is 13.0. The van der Waals surface area contributed by atoms with Gasteiger partial charge in [-0.3, -0.25) is 14.4 Å². The van der Waals surface area contributed by atoms with Crippen LogP contribution in [0.2, 0.25) is 0 Å². The Labute approximate surface area is 203 Å². The molecule has 1 spiro atoms. The van der Waals surface area contributed by atoms with Crippen LogP contribution in [-0.4, -0.2) is 57.7 Å². The van der Waals surface area contributed by atoms with Crippen LogP contribution in [0.25, 0.3) is 0 Å². The molecule has 7 heteroatoms. The number of amides is 3. The van der Waals surface area contributed by atoms with Gasteiger partial charge in [-0.05, 0) is 62.0 Å². The van der Waals surface area contributed by atoms with E-state index < -0.39 is 12.1 Å². The molecule has 3 amide bonds. The minimum absolute atomic E-state index is 0.0222. The van der Waals surface area contributed by atoms with Crippen LogP contribution in [0.1, 0.15) is 83.4 Å². The summed E-state index contributed by atoms with van der Waals surface area (Å²) < 4.78 is 0. The SMILES string of the molecule is CC[C@H](N)C(=O)N[C@H](C(=O)N1CCC[C@@]12CC2N(C(C)=O)[C@@H]1CCCc2ccccc21)C(C)C. The Morgan fingerprint density at radius 1 is 1.24 bits per heavy atom. The van der Waals surface area contributed by atoms with Crippen LogP contribution in [0, 0.1) is 5.92 Å². The third-order valence-electron chi connectivity index (χ3n) is 8.18. The first-order chi connectivity index (χ1) is 16.2. The number of nitrogens with one attached hydrogen (secondary N) is 1. The number of aryl methyl sites for hydroxylation is 1. The van der Waals surface area contributed by atoms with Crippen molar-refractivity contribution in [1.29, 1.82) is 0 Å². The van der Waals surface area contributed by atoms with Crippen molar-refractivity contribution >= 4 is 17.7 Å². The summed E-state index contributed by atoms with van der Waals surface area (Å²) in [6.07, 6.45) is 6.22. The van der Waals surface area contributed by atoms with Gasteiger partial charge in [0.15, 0.2) is 0 Å². The second kappa shape index (κ2) is 9.68. The molecule has 0 radical (unpaired) electrons. The van der Waals surface area contributed by atoms with E-state index in [0.29, 0.717) is 13.0 Å². The van der Waals surface area contributed by atoms with Crippen molar-refractivity contribution in [3.8, 4) is 0 Å². The molecule has 4 rings (SSSR count). The lowest BCUT2D eigenvalue weighted by Crippen LogP contribution is -2.57. The molecule has 34 heavy (non-hydrogen) atoms. The Morgan fingerprint density at radius 3 is 2.65 bits per heavy atom. The van der Waals surface area contributed by atoms with Crippen molar-refractivity contribution in [2.45, 2.75) is 102 Å². The first kappa shape index (κ1) is 24.7. The van der Waals surface area contributed by atoms with Gasteiger partial charge in [-0.2, -0.15) is 0 Å². The summed E-state index contributed by atoms with van der Waals surface area (Å²) in [4.78, 5) is 43.3. The monoisotopic (exact) mass is 468 g/mol. The average molecular weight is 469 g/mol. The molecule has 2 fully saturated rings. The molecule has 5 atom stereocenters. The Bertz CT molecular complexity index is 948. The van der Waals surface area contributed by atoms with Crippen LogP contribution in [0.3, 0.4) is 0 Å². The van der Waals surface area contributed by atoms with Crippen molar-refractivity contribution < 1.29 is 14.4 Å². The quantitative estimate of drug-likeness (QED) is 0.643. The number of carbonyl (C=O) groups excluding carboxylic acids is 3. The lowest BCUT2D eigenvalue weighted by molar-refractivity contribution is -0.141. The van der Waals surface area contributed by atoms with Crippen molar-refractivity contribution in [2.24, 2.45) is 11.7 Å². The van der Waals surface area contributed by atoms with E-state index in [4.69, 9.17) is 5.73 Å². The Kier molecular flexibility index (Phi) is 7.04. The number of benzene rings is 1. The largest absolute Gasteiger partial charge is 0.343 e. The van der Waals surface area contributed by atoms with Crippen LogP contribution in [0.5, 0.6) is 0 Å². The topological polar surface area (TPSA) is 95.7 Å². The smallest absolute Gasteiger partial charge is 0.245 e. The fourth-order valence-corrected chi connectivity index (χ4v) is 6.22. The highest BCUT2D eigenvalue weighted by atomic mass is 16.2. The lowest BCUT2D eigenvalue weighted by atomic mass is 9.86. The number of likely N-dealkylation sites (tertiary alicyclic amines) is 1. The molecule has 0 bridgehead atoms. The van der Waals surface area contributed by atoms with Crippen LogP contribution in [0.4, 0.5) is 0 Å². The van der Waals surface area contributed by atoms with Gasteiger partial charge in [0, 0.05) is 13.5 Å². The van der Waals surface area contributed by atoms with Gasteiger partial charge in [0.2, 0.25) is 17.7 Å². The molecular formula is C27H40N4O3. The van der Waals surface area contributed by atoms with Crippen molar-refractivity contribution in [3.63, 3.8) is 0 Å². The highest BCUT2D eigenvalue weighted by molar-refractivity contribution is 5.91. The van der Waals surface area contributed by atoms with E-state index in [-0.39, 0.29) is 41.3 Å². The fourth-order valence-electron chi connectivity index (χ4n) is 6.22. The zero-order chi connectivity index (χ0) is 24.6. The Balaban J connectivity index is 1.57. The molecule has 3 aliphatic rings. The molecule has 0 aromatic heterocycles. The minimum atomic E-state index is -0.616. The number of hydrogen-bond donors (Lipinski definition) is 2. The zero-order valence-corrected chi connectivity index (χ0v) is 21.0. The summed E-state index contributed by atoms with van der Waals surface area (Å²) in [6.45, 7) is 8.10. The highest BCUT2D eigenvalue weighted by Gasteiger charge is 2.65. The van der Waals surface area contributed by atoms with E-state index in [9.17, 15) is 14.4 Å². The van der Waals surface area contributed by atoms with Crippen LogP contribution in [0.15, 0.2) is 24.3 Å². The molecule has 1 aliphatic heterocycles. The predicted octanol–water partition coefficient (Wildman–Crippen LogP) is 2.92. The standard InChI is InChI=1S/C27H40N4O3/c1-5-21(28)25(33)29-24(17(2)3)26(34)30-15-9-14-27(30)16-23(27)31(18(4)32)22-13-8-11-19-10-6-7-12-20(19)22/h6-7,10,12,17,21-24H,5,8-9,11,13-16,28H2,1-4H3,(H,29,33)/t21-,22+,23?,24-,27-/m0/s1. The minimum Gasteiger partial charge on any atom is -0.343 e. The van der Waals surface area contributed by atoms with Crippen LogP contribution in [-0.2, 0) is 20.8 Å². The Hall–Kier alpha value is -2.41. The second-order valence-corrected chi connectivity index (χ2v) is 10.7. The number of nitrogens with zero attached hydrogens (tertiary/aromatic N) is 2. The van der Waals surface area contributed by atoms with Gasteiger partial charge in [-0.1, -0.05) is 45.0 Å². The molecule has 7 nitrogen and oxygen atoms in total. The van der Waals surface area contributed by atoms with Crippen molar-refractivity contribution in [2.75, 3.05) is 6.54 Å². The molecule has 1 saturated carbocycles. The van der Waals surface area contributed by atoms with E-state index in [1.165, 1.54) is 11.1 Å². The maximum absolute atomic E-state index is 13.8. The Morgan fingerprint density at radius 2 is 1.97 bits per heavy atom. The molecule has 1 heterocycles. The van der Waals surface area contributed by atoms with E-state index in [0.717, 1.165) is 38.5 Å². The zero-order valence-electron chi connectivity index (χ0n) is 21.0. The van der Waals surface area contributed by atoms with Gasteiger partial charge in [-0.25, -0.2) is 0 Å². The lowest BCUT2D eigenvalue weighted by Gasteiger charge is -2.39. The highest BCUT2D eigenvalue weighted by Crippen LogP contribution is 2.55. The fraction of sp³-hybridized carbons (Fsp3) is 0.667. The average Bonchev–Trinajstić information content (AvgIpc) is 3.35. The number of hydrogen-bond acceptors (Lipinski definition) is 4. The molecule has 1 unspecified atom stereocenters. The summed E-state index contributed by atoms with van der Waals surface area (Å²) in [5.41, 5.74) is 8.18. The van der Waals surface area contributed by atoms with Crippen LogP contribution >= 0.6 is 0 Å². The number of rotatable bonds is 7. The van der Waals surface area contributed by atoms with Gasteiger partial charge in [0.1, 0.15) is 6.04 Å². The molecule has 2 aliphatic carbocycles. The maximum atomic E-state index is 13.8. The molecule has 186 valence electrons. The molecule has 3 N–H and O–H groups in total. The summed E-state index contributed by atoms with van der Waals surface area (Å²) in [6, 6.07) is 7.31. The van der Waals surface area contributed by atoms with E-state index in [2.05, 4.69) is 34.5 Å². The van der Waals surface area contributed by atoms with Crippen molar-refractivity contribution in [3.05, 3.63) is 35.4 Å². The number of nitrogens with two attached hydrogens (primary N) is 1. The number of carbonyl (C=O) groups is 3. The van der Waals surface area contributed by atoms with E-state index in [1.54, 1.807) is 6.92 Å². The third kappa shape index (κ3) is 4.35. The van der Waals surface area contributed by atoms with Gasteiger partial charge >= 0.3 is 0 Å². The van der Waals surface area contributed by atoms with Gasteiger partial charge < -0.3 is 20.9 Å². The second-order valence-electron chi connectivity index (χ2n) is 10.7. The first-order valence-electron chi connectivity index (χ1n) is 13.0. The van der Waals surface area contributed by atoms with Crippen LogP contribution < -0.4 is 11.1 Å².